The van der Waals surface area contributed by atoms with Gasteiger partial charge in [-0.15, -0.1) is 0 Å². The molecule has 0 saturated heterocycles. The normalized spacial score (nSPS) is 10.7. The number of carbonyl (C=O) groups is 1. The van der Waals surface area contributed by atoms with E-state index < -0.39 is 0 Å². The average molecular weight is 413 g/mol. The number of amides is 1. The van der Waals surface area contributed by atoms with Crippen LogP contribution in [-0.2, 0) is 0 Å². The van der Waals surface area contributed by atoms with Crippen molar-refractivity contribution in [1.29, 1.82) is 0 Å². The Kier molecular flexibility index (Phi) is 6.23. The van der Waals surface area contributed by atoms with Gasteiger partial charge in [-0.2, -0.15) is 0 Å². The SMILES string of the molecule is CCCCCNC(=O)c1ccccc1-c1ncc(-c2cccc(Br)c2)o1. The van der Waals surface area contributed by atoms with E-state index in [0.717, 1.165) is 29.3 Å². The number of carbonyl (C=O) groups excluding carboxylic acids is 1. The molecular weight excluding hydrogens is 392 g/mol. The molecule has 5 heteroatoms. The Morgan fingerprint density at radius 1 is 1.15 bits per heavy atom. The molecule has 0 spiro atoms. The number of hydrogen-bond acceptors (Lipinski definition) is 3. The van der Waals surface area contributed by atoms with E-state index in [0.29, 0.717) is 29.3 Å². The standard InChI is InChI=1S/C21H21BrN2O2/c1-2-3-6-12-23-20(25)17-10-4-5-11-18(17)21-24-14-19(26-21)15-8-7-9-16(22)13-15/h4-5,7-11,13-14H,2-3,6,12H2,1H3,(H,23,25). The van der Waals surface area contributed by atoms with Gasteiger partial charge in [0.2, 0.25) is 5.89 Å². The van der Waals surface area contributed by atoms with Crippen LogP contribution in [0, 0.1) is 0 Å². The predicted octanol–water partition coefficient (Wildman–Crippen LogP) is 5.69. The van der Waals surface area contributed by atoms with E-state index in [2.05, 4.69) is 33.2 Å². The van der Waals surface area contributed by atoms with Gasteiger partial charge in [-0.1, -0.05) is 60.0 Å². The Labute approximate surface area is 161 Å². The second-order valence-electron chi connectivity index (χ2n) is 6.05. The minimum Gasteiger partial charge on any atom is -0.436 e. The van der Waals surface area contributed by atoms with Crippen LogP contribution >= 0.6 is 15.9 Å². The van der Waals surface area contributed by atoms with Crippen LogP contribution in [0.1, 0.15) is 36.5 Å². The van der Waals surface area contributed by atoms with Crippen molar-refractivity contribution in [3.63, 3.8) is 0 Å². The Balaban J connectivity index is 1.83. The van der Waals surface area contributed by atoms with Crippen molar-refractivity contribution in [2.45, 2.75) is 26.2 Å². The number of rotatable bonds is 7. The van der Waals surface area contributed by atoms with Crippen LogP contribution in [0.4, 0.5) is 0 Å². The lowest BCUT2D eigenvalue weighted by molar-refractivity contribution is 0.0953. The molecule has 0 unspecified atom stereocenters. The van der Waals surface area contributed by atoms with Gasteiger partial charge in [0.25, 0.3) is 5.91 Å². The van der Waals surface area contributed by atoms with Crippen LogP contribution in [0.5, 0.6) is 0 Å². The van der Waals surface area contributed by atoms with Gasteiger partial charge >= 0.3 is 0 Å². The van der Waals surface area contributed by atoms with Crippen LogP contribution in [0.2, 0.25) is 0 Å². The van der Waals surface area contributed by atoms with Gasteiger partial charge in [0, 0.05) is 22.1 Å². The summed E-state index contributed by atoms with van der Waals surface area (Å²) in [7, 11) is 0. The first-order chi connectivity index (χ1) is 12.7. The molecule has 134 valence electrons. The zero-order chi connectivity index (χ0) is 18.4. The summed E-state index contributed by atoms with van der Waals surface area (Å²) < 4.78 is 6.90. The van der Waals surface area contributed by atoms with E-state index in [-0.39, 0.29) is 5.91 Å². The minimum absolute atomic E-state index is 0.0982. The number of unbranched alkanes of at least 4 members (excludes halogenated alkanes) is 2. The Morgan fingerprint density at radius 2 is 2.00 bits per heavy atom. The molecule has 0 bridgehead atoms. The summed E-state index contributed by atoms with van der Waals surface area (Å²) in [6.45, 7) is 2.82. The molecule has 3 rings (SSSR count). The highest BCUT2D eigenvalue weighted by Crippen LogP contribution is 2.29. The van der Waals surface area contributed by atoms with Crippen molar-refractivity contribution in [3.8, 4) is 22.8 Å². The third-order valence-electron chi connectivity index (χ3n) is 4.08. The highest BCUT2D eigenvalue weighted by molar-refractivity contribution is 9.10. The molecule has 26 heavy (non-hydrogen) atoms. The molecule has 0 fully saturated rings. The Morgan fingerprint density at radius 3 is 2.81 bits per heavy atom. The van der Waals surface area contributed by atoms with E-state index >= 15 is 0 Å². The molecule has 0 atom stereocenters. The summed E-state index contributed by atoms with van der Waals surface area (Å²) in [5, 5.41) is 2.98. The molecule has 4 nitrogen and oxygen atoms in total. The summed E-state index contributed by atoms with van der Waals surface area (Å²) in [4.78, 5) is 16.9. The first-order valence-electron chi connectivity index (χ1n) is 8.78. The fraction of sp³-hybridized carbons (Fsp3) is 0.238. The average Bonchev–Trinajstić information content (AvgIpc) is 3.15. The second-order valence-corrected chi connectivity index (χ2v) is 6.96. The van der Waals surface area contributed by atoms with E-state index in [1.54, 1.807) is 12.3 Å². The summed E-state index contributed by atoms with van der Waals surface area (Å²) in [6.07, 6.45) is 4.91. The van der Waals surface area contributed by atoms with Crippen molar-refractivity contribution >= 4 is 21.8 Å². The van der Waals surface area contributed by atoms with Gasteiger partial charge in [-0.05, 0) is 30.7 Å². The molecule has 2 aromatic carbocycles. The molecule has 0 saturated carbocycles. The molecule has 1 amide bonds. The molecule has 3 aromatic rings. The third kappa shape index (κ3) is 4.41. The molecule has 1 heterocycles. The zero-order valence-corrected chi connectivity index (χ0v) is 16.3. The van der Waals surface area contributed by atoms with Crippen molar-refractivity contribution in [2.75, 3.05) is 6.54 Å². The monoisotopic (exact) mass is 412 g/mol. The maximum absolute atomic E-state index is 12.5. The number of halogens is 1. The van der Waals surface area contributed by atoms with Crippen molar-refractivity contribution in [1.82, 2.24) is 10.3 Å². The smallest absolute Gasteiger partial charge is 0.252 e. The summed E-state index contributed by atoms with van der Waals surface area (Å²) in [5.41, 5.74) is 2.20. The Bertz CT molecular complexity index is 889. The lowest BCUT2D eigenvalue weighted by Gasteiger charge is -2.08. The molecule has 0 radical (unpaired) electrons. The van der Waals surface area contributed by atoms with Gasteiger partial charge in [0.15, 0.2) is 5.76 Å². The predicted molar refractivity (Wildman–Crippen MR) is 107 cm³/mol. The molecule has 0 aliphatic rings. The van der Waals surface area contributed by atoms with Crippen LogP contribution in [0.25, 0.3) is 22.8 Å². The number of nitrogens with one attached hydrogen (secondary N) is 1. The number of hydrogen-bond donors (Lipinski definition) is 1. The van der Waals surface area contributed by atoms with Gasteiger partial charge in [0.05, 0.1) is 11.8 Å². The fourth-order valence-corrected chi connectivity index (χ4v) is 3.11. The maximum atomic E-state index is 12.5. The minimum atomic E-state index is -0.0982. The van der Waals surface area contributed by atoms with Crippen molar-refractivity contribution in [2.24, 2.45) is 0 Å². The number of aromatic nitrogens is 1. The van der Waals surface area contributed by atoms with E-state index in [1.807, 2.05) is 42.5 Å². The lowest BCUT2D eigenvalue weighted by atomic mass is 10.1. The molecular formula is C21H21BrN2O2. The highest BCUT2D eigenvalue weighted by Gasteiger charge is 2.16. The van der Waals surface area contributed by atoms with Crippen molar-refractivity contribution < 1.29 is 9.21 Å². The maximum Gasteiger partial charge on any atom is 0.252 e. The van der Waals surface area contributed by atoms with Crippen LogP contribution in [-0.4, -0.2) is 17.4 Å². The quantitative estimate of drug-likeness (QED) is 0.506. The van der Waals surface area contributed by atoms with Crippen molar-refractivity contribution in [3.05, 3.63) is 64.8 Å². The van der Waals surface area contributed by atoms with Gasteiger partial charge in [-0.3, -0.25) is 4.79 Å². The zero-order valence-electron chi connectivity index (χ0n) is 14.7. The van der Waals surface area contributed by atoms with E-state index in [1.165, 1.54) is 0 Å². The highest BCUT2D eigenvalue weighted by atomic mass is 79.9. The van der Waals surface area contributed by atoms with E-state index in [4.69, 9.17) is 4.42 Å². The summed E-state index contributed by atoms with van der Waals surface area (Å²) in [5.74, 6) is 1.01. The molecule has 1 aromatic heterocycles. The molecule has 0 aliphatic heterocycles. The molecule has 1 N–H and O–H groups in total. The van der Waals surface area contributed by atoms with Crippen LogP contribution in [0.3, 0.4) is 0 Å². The third-order valence-corrected chi connectivity index (χ3v) is 4.58. The Hall–Kier alpha value is -2.40. The lowest BCUT2D eigenvalue weighted by Crippen LogP contribution is -2.25. The van der Waals surface area contributed by atoms with Gasteiger partial charge < -0.3 is 9.73 Å². The van der Waals surface area contributed by atoms with Gasteiger partial charge in [-0.25, -0.2) is 4.98 Å². The number of oxazole rings is 1. The largest absolute Gasteiger partial charge is 0.436 e. The first-order valence-corrected chi connectivity index (χ1v) is 9.57. The first kappa shape index (κ1) is 18.4. The number of nitrogens with zero attached hydrogens (tertiary/aromatic N) is 1. The van der Waals surface area contributed by atoms with E-state index in [9.17, 15) is 4.79 Å². The summed E-state index contributed by atoms with van der Waals surface area (Å²) >= 11 is 3.46. The fourth-order valence-electron chi connectivity index (χ4n) is 2.71. The van der Waals surface area contributed by atoms with Crippen LogP contribution in [0.15, 0.2) is 63.6 Å². The molecule has 0 aliphatic carbocycles. The van der Waals surface area contributed by atoms with Gasteiger partial charge in [0.1, 0.15) is 0 Å². The second kappa shape index (κ2) is 8.81. The summed E-state index contributed by atoms with van der Waals surface area (Å²) in [6, 6.07) is 15.2. The topological polar surface area (TPSA) is 55.1 Å². The van der Waals surface area contributed by atoms with Crippen LogP contribution < -0.4 is 5.32 Å². The number of benzene rings is 2.